The standard InChI is InChI=1S/C20H32O5/c1-17-6-3-7-18(2,16(23)24)14(17)8-15(22)19-9-12(4-5-13(17)19)20(25,10-19)11-21/h12-15,21-22,25H,3-11H2,1-2H3,(H,23,24)/t12-,13-,14-,15-,17-,18+,19+,20-/m0/s1. The third-order valence-electron chi connectivity index (χ3n) is 9.18. The van der Waals surface area contributed by atoms with Gasteiger partial charge in [-0.1, -0.05) is 13.3 Å². The SMILES string of the molecule is C[C@@]12CCC[C@@](C)(C(=O)O)[C@H]1C[C@H](O)[C@@]13C[C@H](CC[C@@H]21)[C@@](O)(CO)C3. The number of carbonyl (C=O) groups is 1. The number of fused-ring (bicyclic) bond motifs is 3. The number of aliphatic hydroxyl groups excluding tert-OH is 2. The number of aliphatic hydroxyl groups is 3. The first-order valence-electron chi connectivity index (χ1n) is 9.87. The van der Waals surface area contributed by atoms with E-state index in [0.717, 1.165) is 32.1 Å². The van der Waals surface area contributed by atoms with Gasteiger partial charge in [-0.3, -0.25) is 4.79 Å². The molecule has 0 aromatic rings. The van der Waals surface area contributed by atoms with Crippen LogP contribution in [0.3, 0.4) is 0 Å². The Hall–Kier alpha value is -0.650. The fourth-order valence-corrected chi connectivity index (χ4v) is 7.96. The van der Waals surface area contributed by atoms with E-state index in [4.69, 9.17) is 0 Å². The third-order valence-corrected chi connectivity index (χ3v) is 9.18. The van der Waals surface area contributed by atoms with Crippen molar-refractivity contribution >= 4 is 5.97 Å². The summed E-state index contributed by atoms with van der Waals surface area (Å²) in [5.74, 6) is -0.489. The zero-order valence-electron chi connectivity index (χ0n) is 15.4. The fourth-order valence-electron chi connectivity index (χ4n) is 7.96. The fraction of sp³-hybridized carbons (Fsp3) is 0.950. The van der Waals surface area contributed by atoms with Crippen LogP contribution in [0.15, 0.2) is 0 Å². The van der Waals surface area contributed by atoms with Crippen LogP contribution in [0.25, 0.3) is 0 Å². The van der Waals surface area contributed by atoms with Crippen molar-refractivity contribution < 1.29 is 25.2 Å². The van der Waals surface area contributed by atoms with Gasteiger partial charge in [0.2, 0.25) is 0 Å². The molecule has 0 radical (unpaired) electrons. The summed E-state index contributed by atoms with van der Waals surface area (Å²) < 4.78 is 0. The predicted octanol–water partition coefficient (Wildman–Crippen LogP) is 2.18. The number of carboxylic acids is 1. The molecule has 4 aliphatic carbocycles. The first-order valence-corrected chi connectivity index (χ1v) is 9.87. The van der Waals surface area contributed by atoms with Crippen molar-refractivity contribution in [1.29, 1.82) is 0 Å². The highest BCUT2D eigenvalue weighted by Crippen LogP contribution is 2.72. The molecule has 4 aliphatic rings. The average molecular weight is 352 g/mol. The Morgan fingerprint density at radius 2 is 1.88 bits per heavy atom. The quantitative estimate of drug-likeness (QED) is 0.611. The number of hydrogen-bond donors (Lipinski definition) is 4. The van der Waals surface area contributed by atoms with Gasteiger partial charge >= 0.3 is 5.97 Å². The highest BCUT2D eigenvalue weighted by atomic mass is 16.4. The lowest BCUT2D eigenvalue weighted by Crippen LogP contribution is -2.62. The summed E-state index contributed by atoms with van der Waals surface area (Å²) in [6, 6.07) is 0. The van der Waals surface area contributed by atoms with E-state index in [1.165, 1.54) is 0 Å². The molecule has 0 aromatic heterocycles. The first-order chi connectivity index (χ1) is 11.6. The minimum absolute atomic E-state index is 0.0313. The van der Waals surface area contributed by atoms with Crippen LogP contribution in [0.5, 0.6) is 0 Å². The van der Waals surface area contributed by atoms with Crippen molar-refractivity contribution in [3.8, 4) is 0 Å². The molecule has 5 nitrogen and oxygen atoms in total. The smallest absolute Gasteiger partial charge is 0.309 e. The van der Waals surface area contributed by atoms with Gasteiger partial charge in [0, 0.05) is 5.41 Å². The molecule has 0 aromatic carbocycles. The molecular formula is C20H32O5. The minimum atomic E-state index is -1.08. The van der Waals surface area contributed by atoms with E-state index in [1.54, 1.807) is 0 Å². The molecule has 0 unspecified atom stereocenters. The molecule has 8 atom stereocenters. The van der Waals surface area contributed by atoms with Crippen LogP contribution in [0.4, 0.5) is 0 Å². The molecule has 2 bridgehead atoms. The first kappa shape index (κ1) is 17.7. The molecule has 5 heteroatoms. The van der Waals surface area contributed by atoms with Gasteiger partial charge in [0.1, 0.15) is 0 Å². The van der Waals surface area contributed by atoms with Crippen molar-refractivity contribution in [2.45, 2.75) is 76.9 Å². The lowest BCUT2D eigenvalue weighted by atomic mass is 9.40. The minimum Gasteiger partial charge on any atom is -0.481 e. The Kier molecular flexibility index (Phi) is 3.69. The average Bonchev–Trinajstić information content (AvgIpc) is 2.78. The molecule has 0 amide bonds. The molecule has 4 N–H and O–H groups in total. The Morgan fingerprint density at radius 3 is 2.52 bits per heavy atom. The maximum atomic E-state index is 12.1. The summed E-state index contributed by atoms with van der Waals surface area (Å²) in [5, 5.41) is 41.8. The van der Waals surface area contributed by atoms with Gasteiger partial charge in [0.05, 0.1) is 23.7 Å². The third kappa shape index (κ3) is 2.03. The van der Waals surface area contributed by atoms with Gasteiger partial charge < -0.3 is 20.4 Å². The van der Waals surface area contributed by atoms with Gasteiger partial charge in [0.15, 0.2) is 0 Å². The molecule has 0 saturated heterocycles. The Labute approximate surface area is 149 Å². The Bertz CT molecular complexity index is 593. The number of rotatable bonds is 2. The maximum absolute atomic E-state index is 12.1. The lowest BCUT2D eigenvalue weighted by molar-refractivity contribution is -0.209. The van der Waals surface area contributed by atoms with Crippen LogP contribution in [-0.2, 0) is 4.79 Å². The molecular weight excluding hydrogens is 320 g/mol. The van der Waals surface area contributed by atoms with E-state index >= 15 is 0 Å². The molecule has 25 heavy (non-hydrogen) atoms. The van der Waals surface area contributed by atoms with Crippen molar-refractivity contribution in [3.63, 3.8) is 0 Å². The summed E-state index contributed by atoms with van der Waals surface area (Å²) in [7, 11) is 0. The van der Waals surface area contributed by atoms with Gasteiger partial charge in [0.25, 0.3) is 0 Å². The van der Waals surface area contributed by atoms with Crippen LogP contribution in [0, 0.1) is 34.0 Å². The van der Waals surface area contributed by atoms with E-state index < -0.39 is 23.1 Å². The van der Waals surface area contributed by atoms with Crippen molar-refractivity contribution in [2.75, 3.05) is 6.61 Å². The van der Waals surface area contributed by atoms with E-state index in [0.29, 0.717) is 19.3 Å². The largest absolute Gasteiger partial charge is 0.481 e. The molecule has 1 spiro atoms. The van der Waals surface area contributed by atoms with Crippen molar-refractivity contribution in [2.24, 2.45) is 34.0 Å². The highest BCUT2D eigenvalue weighted by Gasteiger charge is 2.71. The van der Waals surface area contributed by atoms with E-state index in [-0.39, 0.29) is 35.2 Å². The van der Waals surface area contributed by atoms with E-state index in [9.17, 15) is 25.2 Å². The molecule has 0 aliphatic heterocycles. The van der Waals surface area contributed by atoms with Gasteiger partial charge in [-0.05, 0) is 75.0 Å². The second kappa shape index (κ2) is 5.20. The zero-order valence-corrected chi connectivity index (χ0v) is 15.4. The molecule has 0 heterocycles. The normalized spacial score (nSPS) is 57.6. The van der Waals surface area contributed by atoms with Gasteiger partial charge in [-0.2, -0.15) is 0 Å². The van der Waals surface area contributed by atoms with E-state index in [2.05, 4.69) is 6.92 Å². The molecule has 4 fully saturated rings. The summed E-state index contributed by atoms with van der Waals surface area (Å²) in [5.41, 5.74) is -2.33. The van der Waals surface area contributed by atoms with Gasteiger partial charge in [-0.25, -0.2) is 0 Å². The molecule has 142 valence electrons. The van der Waals surface area contributed by atoms with Crippen molar-refractivity contribution in [1.82, 2.24) is 0 Å². The second-order valence-corrected chi connectivity index (χ2v) is 10.1. The summed E-state index contributed by atoms with van der Waals surface area (Å²) in [6.07, 6.45) is 5.52. The van der Waals surface area contributed by atoms with Crippen LogP contribution in [0.2, 0.25) is 0 Å². The lowest BCUT2D eigenvalue weighted by Gasteiger charge is -2.64. The molecule has 4 saturated carbocycles. The topological polar surface area (TPSA) is 98.0 Å². The summed E-state index contributed by atoms with van der Waals surface area (Å²) in [6.45, 7) is 3.87. The van der Waals surface area contributed by atoms with Crippen LogP contribution in [0.1, 0.15) is 65.2 Å². The Balaban J connectivity index is 1.78. The van der Waals surface area contributed by atoms with Crippen LogP contribution in [-0.4, -0.2) is 44.7 Å². The monoisotopic (exact) mass is 352 g/mol. The number of aliphatic carboxylic acids is 1. The van der Waals surface area contributed by atoms with Crippen LogP contribution < -0.4 is 0 Å². The predicted molar refractivity (Wildman–Crippen MR) is 91.7 cm³/mol. The maximum Gasteiger partial charge on any atom is 0.309 e. The second-order valence-electron chi connectivity index (χ2n) is 10.1. The highest BCUT2D eigenvalue weighted by molar-refractivity contribution is 5.75. The number of carboxylic acid groups (broad SMARTS) is 1. The summed E-state index contributed by atoms with van der Waals surface area (Å²) in [4.78, 5) is 12.1. The van der Waals surface area contributed by atoms with Gasteiger partial charge in [-0.15, -0.1) is 0 Å². The molecule has 4 rings (SSSR count). The van der Waals surface area contributed by atoms with Crippen molar-refractivity contribution in [3.05, 3.63) is 0 Å². The zero-order chi connectivity index (χ0) is 18.3. The Morgan fingerprint density at radius 1 is 1.16 bits per heavy atom. The van der Waals surface area contributed by atoms with Crippen LogP contribution >= 0.6 is 0 Å². The summed E-state index contributed by atoms with van der Waals surface area (Å²) >= 11 is 0. The number of hydrogen-bond acceptors (Lipinski definition) is 4. The van der Waals surface area contributed by atoms with E-state index in [1.807, 2.05) is 6.92 Å².